The number of ether oxygens (including phenoxy) is 2. The molecule has 2 heteroatoms. The summed E-state index contributed by atoms with van der Waals surface area (Å²) < 4.78 is 11.5. The van der Waals surface area contributed by atoms with Gasteiger partial charge in [-0.3, -0.25) is 0 Å². The van der Waals surface area contributed by atoms with Gasteiger partial charge in [0.2, 0.25) is 0 Å². The van der Waals surface area contributed by atoms with E-state index in [9.17, 15) is 0 Å². The van der Waals surface area contributed by atoms with Gasteiger partial charge >= 0.3 is 0 Å². The molecule has 1 aromatic carbocycles. The summed E-state index contributed by atoms with van der Waals surface area (Å²) in [4.78, 5) is 0. The van der Waals surface area contributed by atoms with Crippen molar-refractivity contribution in [3.05, 3.63) is 41.7 Å². The molecule has 1 atom stereocenters. The fourth-order valence-electron chi connectivity index (χ4n) is 3.24. The van der Waals surface area contributed by atoms with E-state index in [1.165, 1.54) is 5.57 Å². The zero-order valence-corrected chi connectivity index (χ0v) is 13.5. The SMILES string of the molecule is COc1ccccc1C1CC(C)(C)C(C(C)(C)C)=CO1. The first-order valence-corrected chi connectivity index (χ1v) is 7.25. The van der Waals surface area contributed by atoms with Crippen LogP contribution in [0.3, 0.4) is 0 Å². The van der Waals surface area contributed by atoms with Crippen molar-refractivity contribution in [2.75, 3.05) is 7.11 Å². The van der Waals surface area contributed by atoms with Crippen LogP contribution in [0.5, 0.6) is 5.75 Å². The molecule has 1 aromatic rings. The minimum Gasteiger partial charge on any atom is -0.496 e. The standard InChI is InChI=1S/C18H26O2/c1-17(2,3)16-12-20-15(11-18(16,4)5)13-9-7-8-10-14(13)19-6/h7-10,12,15H,11H2,1-6H3. The van der Waals surface area contributed by atoms with E-state index in [2.05, 4.69) is 40.7 Å². The summed E-state index contributed by atoms with van der Waals surface area (Å²) in [5, 5.41) is 0. The fourth-order valence-corrected chi connectivity index (χ4v) is 3.24. The van der Waals surface area contributed by atoms with Crippen molar-refractivity contribution in [1.29, 1.82) is 0 Å². The topological polar surface area (TPSA) is 18.5 Å². The van der Waals surface area contributed by atoms with Crippen molar-refractivity contribution in [3.8, 4) is 5.75 Å². The lowest BCUT2D eigenvalue weighted by Crippen LogP contribution is -2.31. The predicted octanol–water partition coefficient (Wildman–Crippen LogP) is 5.11. The second-order valence-corrected chi connectivity index (χ2v) is 7.24. The molecule has 0 aromatic heterocycles. The van der Waals surface area contributed by atoms with Crippen molar-refractivity contribution in [3.63, 3.8) is 0 Å². The van der Waals surface area contributed by atoms with Crippen LogP contribution in [0.1, 0.15) is 52.7 Å². The van der Waals surface area contributed by atoms with E-state index in [1.807, 2.05) is 24.5 Å². The summed E-state index contributed by atoms with van der Waals surface area (Å²) in [5.74, 6) is 0.904. The largest absolute Gasteiger partial charge is 0.496 e. The smallest absolute Gasteiger partial charge is 0.127 e. The van der Waals surface area contributed by atoms with Crippen LogP contribution in [-0.2, 0) is 4.74 Å². The third kappa shape index (κ3) is 2.84. The van der Waals surface area contributed by atoms with Crippen molar-refractivity contribution in [2.45, 2.75) is 47.1 Å². The van der Waals surface area contributed by atoms with Crippen molar-refractivity contribution >= 4 is 0 Å². The highest BCUT2D eigenvalue weighted by Gasteiger charge is 2.38. The summed E-state index contributed by atoms with van der Waals surface area (Å²) in [5.41, 5.74) is 2.76. The van der Waals surface area contributed by atoms with Gasteiger partial charge in [-0.25, -0.2) is 0 Å². The van der Waals surface area contributed by atoms with Crippen LogP contribution < -0.4 is 4.74 Å². The number of allylic oxidation sites excluding steroid dienone is 1. The summed E-state index contributed by atoms with van der Waals surface area (Å²) in [6.45, 7) is 11.3. The average Bonchev–Trinajstić information content (AvgIpc) is 2.35. The predicted molar refractivity (Wildman–Crippen MR) is 82.8 cm³/mol. The number of para-hydroxylation sites is 1. The maximum Gasteiger partial charge on any atom is 0.127 e. The van der Waals surface area contributed by atoms with Gasteiger partial charge < -0.3 is 9.47 Å². The van der Waals surface area contributed by atoms with E-state index in [4.69, 9.17) is 9.47 Å². The zero-order valence-electron chi connectivity index (χ0n) is 13.5. The van der Waals surface area contributed by atoms with Gasteiger partial charge in [-0.1, -0.05) is 52.8 Å². The highest BCUT2D eigenvalue weighted by molar-refractivity contribution is 5.36. The second kappa shape index (κ2) is 5.16. The van der Waals surface area contributed by atoms with Crippen molar-refractivity contribution in [1.82, 2.24) is 0 Å². The van der Waals surface area contributed by atoms with Gasteiger partial charge in [0, 0.05) is 5.56 Å². The van der Waals surface area contributed by atoms with E-state index in [1.54, 1.807) is 7.11 Å². The van der Waals surface area contributed by atoms with Gasteiger partial charge in [-0.05, 0) is 28.9 Å². The molecule has 0 amide bonds. The molecule has 1 heterocycles. The summed E-state index contributed by atoms with van der Waals surface area (Å²) in [6, 6.07) is 8.12. The van der Waals surface area contributed by atoms with E-state index in [0.29, 0.717) is 0 Å². The Labute approximate surface area is 122 Å². The molecule has 1 unspecified atom stereocenters. The quantitative estimate of drug-likeness (QED) is 0.746. The summed E-state index contributed by atoms with van der Waals surface area (Å²) in [7, 11) is 1.71. The first kappa shape index (κ1) is 15.0. The van der Waals surface area contributed by atoms with E-state index >= 15 is 0 Å². The summed E-state index contributed by atoms with van der Waals surface area (Å²) >= 11 is 0. The third-order valence-corrected chi connectivity index (χ3v) is 4.07. The van der Waals surface area contributed by atoms with Crippen LogP contribution >= 0.6 is 0 Å². The Hall–Kier alpha value is -1.44. The normalized spacial score (nSPS) is 21.9. The van der Waals surface area contributed by atoms with Crippen molar-refractivity contribution < 1.29 is 9.47 Å². The lowest BCUT2D eigenvalue weighted by atomic mass is 9.67. The van der Waals surface area contributed by atoms with E-state index in [-0.39, 0.29) is 16.9 Å². The molecule has 0 saturated carbocycles. The molecule has 0 spiro atoms. The summed E-state index contributed by atoms with van der Waals surface area (Å²) in [6.07, 6.45) is 3.00. The third-order valence-electron chi connectivity index (χ3n) is 4.07. The maximum atomic E-state index is 6.04. The highest BCUT2D eigenvalue weighted by atomic mass is 16.5. The Morgan fingerprint density at radius 2 is 1.85 bits per heavy atom. The molecule has 1 aliphatic rings. The molecule has 2 rings (SSSR count). The van der Waals surface area contributed by atoms with Gasteiger partial charge in [-0.2, -0.15) is 0 Å². The number of benzene rings is 1. The van der Waals surface area contributed by atoms with Crippen LogP contribution in [-0.4, -0.2) is 7.11 Å². The van der Waals surface area contributed by atoms with E-state index in [0.717, 1.165) is 17.7 Å². The monoisotopic (exact) mass is 274 g/mol. The van der Waals surface area contributed by atoms with Gasteiger partial charge in [0.1, 0.15) is 11.9 Å². The minimum atomic E-state index is 0.0623. The molecule has 0 saturated heterocycles. The Kier molecular flexibility index (Phi) is 3.86. The van der Waals surface area contributed by atoms with E-state index < -0.39 is 0 Å². The lowest BCUT2D eigenvalue weighted by molar-refractivity contribution is 0.0607. The Morgan fingerprint density at radius 1 is 1.20 bits per heavy atom. The first-order valence-electron chi connectivity index (χ1n) is 7.25. The Balaban J connectivity index is 2.34. The zero-order chi connectivity index (χ0) is 15.0. The number of rotatable bonds is 2. The minimum absolute atomic E-state index is 0.0623. The Bertz CT molecular complexity index is 506. The molecule has 0 N–H and O–H groups in total. The Morgan fingerprint density at radius 3 is 2.40 bits per heavy atom. The van der Waals surface area contributed by atoms with Crippen LogP contribution in [0.15, 0.2) is 36.1 Å². The van der Waals surface area contributed by atoms with Gasteiger partial charge in [0.25, 0.3) is 0 Å². The number of hydrogen-bond acceptors (Lipinski definition) is 2. The van der Waals surface area contributed by atoms with Crippen LogP contribution in [0.25, 0.3) is 0 Å². The number of hydrogen-bond donors (Lipinski definition) is 0. The molecule has 0 bridgehead atoms. The first-order chi connectivity index (χ1) is 9.25. The van der Waals surface area contributed by atoms with Crippen LogP contribution in [0.2, 0.25) is 0 Å². The fraction of sp³-hybridized carbons (Fsp3) is 0.556. The van der Waals surface area contributed by atoms with Crippen LogP contribution in [0, 0.1) is 10.8 Å². The van der Waals surface area contributed by atoms with Gasteiger partial charge in [0.05, 0.1) is 13.4 Å². The molecule has 0 fully saturated rings. The molecule has 2 nitrogen and oxygen atoms in total. The molecule has 0 aliphatic carbocycles. The van der Waals surface area contributed by atoms with Crippen LogP contribution in [0.4, 0.5) is 0 Å². The molecule has 110 valence electrons. The molecule has 20 heavy (non-hydrogen) atoms. The van der Waals surface area contributed by atoms with Gasteiger partial charge in [0.15, 0.2) is 0 Å². The molecular formula is C18H26O2. The maximum absolute atomic E-state index is 6.04. The molecule has 0 radical (unpaired) electrons. The van der Waals surface area contributed by atoms with Crippen molar-refractivity contribution in [2.24, 2.45) is 10.8 Å². The average molecular weight is 274 g/mol. The lowest BCUT2D eigenvalue weighted by Gasteiger charge is -2.42. The van der Waals surface area contributed by atoms with Gasteiger partial charge in [-0.15, -0.1) is 0 Å². The highest BCUT2D eigenvalue weighted by Crippen LogP contribution is 2.49. The molecule has 1 aliphatic heterocycles. The molecular weight excluding hydrogens is 248 g/mol. The second-order valence-electron chi connectivity index (χ2n) is 7.24. The number of methoxy groups -OCH3 is 1.